The van der Waals surface area contributed by atoms with E-state index in [1.807, 2.05) is 49.4 Å². The Balaban J connectivity index is 1.45. The quantitative estimate of drug-likeness (QED) is 0.195. The average Bonchev–Trinajstić information content (AvgIpc) is 3.63. The number of furan rings is 1. The van der Waals surface area contributed by atoms with Gasteiger partial charge in [-0.15, -0.1) is 0 Å². The predicted molar refractivity (Wildman–Crippen MR) is 140 cm³/mol. The molecule has 0 saturated carbocycles. The number of ketones is 1. The molecule has 6 rings (SSSR count). The van der Waals surface area contributed by atoms with Gasteiger partial charge >= 0.3 is 0 Å². The van der Waals surface area contributed by atoms with E-state index in [0.717, 1.165) is 11.3 Å². The summed E-state index contributed by atoms with van der Waals surface area (Å²) in [7, 11) is 0. The number of carbonyl (C=O) groups excluding carboxylic acids is 2. The van der Waals surface area contributed by atoms with Gasteiger partial charge in [-0.1, -0.05) is 30.3 Å². The Bertz CT molecular complexity index is 1540. The van der Waals surface area contributed by atoms with Crippen molar-refractivity contribution in [1.29, 1.82) is 0 Å². The van der Waals surface area contributed by atoms with E-state index in [-0.39, 0.29) is 24.0 Å². The molecule has 1 fully saturated rings. The summed E-state index contributed by atoms with van der Waals surface area (Å²) < 4.78 is 17.3. The van der Waals surface area contributed by atoms with Crippen molar-refractivity contribution < 1.29 is 28.6 Å². The molecule has 1 amide bonds. The molecule has 2 atom stereocenters. The van der Waals surface area contributed by atoms with Crippen LogP contribution in [-0.2, 0) is 22.6 Å². The zero-order chi connectivity index (χ0) is 26.2. The largest absolute Gasteiger partial charge is 0.507 e. The van der Waals surface area contributed by atoms with Crippen molar-refractivity contribution in [2.45, 2.75) is 32.0 Å². The molecule has 7 nitrogen and oxygen atoms in total. The number of likely N-dealkylation sites (tertiary alicyclic amines) is 1. The number of aliphatic hydroxyl groups is 1. The molecular formula is C31H25NO6. The fourth-order valence-electron chi connectivity index (χ4n) is 5.06. The van der Waals surface area contributed by atoms with Crippen LogP contribution >= 0.6 is 0 Å². The van der Waals surface area contributed by atoms with E-state index in [1.165, 1.54) is 11.2 Å². The monoisotopic (exact) mass is 507 g/mol. The third-order valence-electron chi connectivity index (χ3n) is 6.77. The second-order valence-corrected chi connectivity index (χ2v) is 9.45. The Morgan fingerprint density at radius 3 is 2.58 bits per heavy atom. The summed E-state index contributed by atoms with van der Waals surface area (Å²) in [4.78, 5) is 28.1. The zero-order valence-electron chi connectivity index (χ0n) is 20.7. The maximum Gasteiger partial charge on any atom is 0.296 e. The first-order chi connectivity index (χ1) is 18.5. The van der Waals surface area contributed by atoms with Gasteiger partial charge in [-0.2, -0.15) is 0 Å². The number of ether oxygens (including phenoxy) is 2. The number of hydrogen-bond acceptors (Lipinski definition) is 6. The van der Waals surface area contributed by atoms with Gasteiger partial charge < -0.3 is 23.9 Å². The highest BCUT2D eigenvalue weighted by Crippen LogP contribution is 2.42. The lowest BCUT2D eigenvalue weighted by Crippen LogP contribution is -2.29. The molecule has 1 aromatic heterocycles. The standard InChI is InChI=1S/C31H25NO6/c1-19-15-22-16-21(12-13-26(22)37-19)29(33)27-28(32(31(35)30(27)34)18-25-11-6-14-36-25)20-7-5-10-24(17-20)38-23-8-3-2-4-9-23/h2-14,16-17,19,28,33H,15,18H2,1H3/t19-,28-/m1/s1. The molecule has 3 aromatic carbocycles. The summed E-state index contributed by atoms with van der Waals surface area (Å²) >= 11 is 0. The number of fused-ring (bicyclic) bond motifs is 1. The molecule has 7 heteroatoms. The number of aliphatic hydroxyl groups excluding tert-OH is 1. The van der Waals surface area contributed by atoms with Crippen molar-refractivity contribution in [3.05, 3.63) is 119 Å². The molecule has 0 radical (unpaired) electrons. The van der Waals surface area contributed by atoms with Crippen LogP contribution in [0, 0.1) is 0 Å². The van der Waals surface area contributed by atoms with Gasteiger partial charge in [0.2, 0.25) is 0 Å². The summed E-state index contributed by atoms with van der Waals surface area (Å²) in [6, 6.07) is 24.5. The lowest BCUT2D eigenvalue weighted by molar-refractivity contribution is -0.140. The van der Waals surface area contributed by atoms with Crippen molar-refractivity contribution in [2.24, 2.45) is 0 Å². The minimum atomic E-state index is -0.845. The number of benzene rings is 3. The number of para-hydroxylation sites is 1. The Hall–Kier alpha value is -4.78. The van der Waals surface area contributed by atoms with Crippen LogP contribution in [0.1, 0.15) is 35.4 Å². The Labute approximate surface area is 219 Å². The van der Waals surface area contributed by atoms with E-state index in [4.69, 9.17) is 13.9 Å². The number of amides is 1. The molecule has 3 heterocycles. The average molecular weight is 508 g/mol. The highest BCUT2D eigenvalue weighted by Gasteiger charge is 2.46. The smallest absolute Gasteiger partial charge is 0.296 e. The topological polar surface area (TPSA) is 89.2 Å². The minimum absolute atomic E-state index is 0.0188. The molecule has 0 unspecified atom stereocenters. The highest BCUT2D eigenvalue weighted by atomic mass is 16.5. The lowest BCUT2D eigenvalue weighted by Gasteiger charge is -2.25. The van der Waals surface area contributed by atoms with Crippen LogP contribution in [0.5, 0.6) is 17.2 Å². The second kappa shape index (κ2) is 9.59. The third-order valence-corrected chi connectivity index (χ3v) is 6.77. The molecular weight excluding hydrogens is 482 g/mol. The first-order valence-electron chi connectivity index (χ1n) is 12.4. The molecule has 190 valence electrons. The van der Waals surface area contributed by atoms with Crippen LogP contribution in [-0.4, -0.2) is 27.8 Å². The molecule has 2 aliphatic heterocycles. The van der Waals surface area contributed by atoms with Gasteiger partial charge in [-0.25, -0.2) is 0 Å². The summed E-state index contributed by atoms with van der Waals surface area (Å²) in [6.07, 6.45) is 2.25. The summed E-state index contributed by atoms with van der Waals surface area (Å²) in [6.45, 7) is 2.04. The minimum Gasteiger partial charge on any atom is -0.507 e. The fourth-order valence-corrected chi connectivity index (χ4v) is 5.06. The Morgan fingerprint density at radius 2 is 1.79 bits per heavy atom. The predicted octanol–water partition coefficient (Wildman–Crippen LogP) is 6.02. The highest BCUT2D eigenvalue weighted by molar-refractivity contribution is 6.46. The van der Waals surface area contributed by atoms with Crippen LogP contribution < -0.4 is 9.47 Å². The zero-order valence-corrected chi connectivity index (χ0v) is 20.7. The molecule has 0 bridgehead atoms. The van der Waals surface area contributed by atoms with E-state index in [0.29, 0.717) is 34.8 Å². The lowest BCUT2D eigenvalue weighted by atomic mass is 9.94. The van der Waals surface area contributed by atoms with E-state index < -0.39 is 17.7 Å². The number of carbonyl (C=O) groups is 2. The van der Waals surface area contributed by atoms with Crippen molar-refractivity contribution in [2.75, 3.05) is 0 Å². The van der Waals surface area contributed by atoms with Gasteiger partial charge in [0.25, 0.3) is 11.7 Å². The first kappa shape index (κ1) is 23.6. The Kier molecular flexibility index (Phi) is 5.96. The number of hydrogen-bond donors (Lipinski definition) is 1. The van der Waals surface area contributed by atoms with Gasteiger partial charge in [0.1, 0.15) is 34.9 Å². The van der Waals surface area contributed by atoms with Crippen molar-refractivity contribution in [3.8, 4) is 17.2 Å². The van der Waals surface area contributed by atoms with Gasteiger partial charge in [-0.05, 0) is 72.6 Å². The maximum atomic E-state index is 13.4. The molecule has 2 aliphatic rings. The second-order valence-electron chi connectivity index (χ2n) is 9.45. The van der Waals surface area contributed by atoms with Gasteiger partial charge in [0, 0.05) is 12.0 Å². The van der Waals surface area contributed by atoms with Crippen LogP contribution in [0.3, 0.4) is 0 Å². The van der Waals surface area contributed by atoms with Gasteiger partial charge in [0.05, 0.1) is 24.4 Å². The summed E-state index contributed by atoms with van der Waals surface area (Å²) in [5.74, 6) is 0.794. The number of rotatable bonds is 6. The number of nitrogens with zero attached hydrogens (tertiary/aromatic N) is 1. The van der Waals surface area contributed by atoms with Gasteiger partial charge in [-0.3, -0.25) is 9.59 Å². The number of Topliss-reactive ketones (excluding diaryl/α,β-unsaturated/α-hetero) is 1. The van der Waals surface area contributed by atoms with E-state index in [9.17, 15) is 14.7 Å². The molecule has 1 N–H and O–H groups in total. The van der Waals surface area contributed by atoms with Crippen LogP contribution in [0.4, 0.5) is 0 Å². The maximum absolute atomic E-state index is 13.4. The van der Waals surface area contributed by atoms with Crippen LogP contribution in [0.2, 0.25) is 0 Å². The van der Waals surface area contributed by atoms with Crippen LogP contribution in [0.25, 0.3) is 5.76 Å². The Morgan fingerprint density at radius 1 is 0.974 bits per heavy atom. The van der Waals surface area contributed by atoms with E-state index in [1.54, 1.807) is 42.5 Å². The van der Waals surface area contributed by atoms with Crippen molar-refractivity contribution in [1.82, 2.24) is 4.90 Å². The molecule has 1 saturated heterocycles. The third kappa shape index (κ3) is 4.32. The van der Waals surface area contributed by atoms with E-state index >= 15 is 0 Å². The SMILES string of the molecule is C[C@@H]1Cc2cc(C(O)=C3C(=O)C(=O)N(Cc4ccco4)[C@@H]3c3cccc(Oc4ccccc4)c3)ccc2O1. The fraction of sp³-hybridized carbons (Fsp3) is 0.161. The van der Waals surface area contributed by atoms with Crippen molar-refractivity contribution in [3.63, 3.8) is 0 Å². The summed E-state index contributed by atoms with van der Waals surface area (Å²) in [5.41, 5.74) is 2.05. The molecule has 0 spiro atoms. The molecule has 38 heavy (non-hydrogen) atoms. The van der Waals surface area contributed by atoms with Crippen molar-refractivity contribution >= 4 is 17.4 Å². The van der Waals surface area contributed by atoms with E-state index in [2.05, 4.69) is 0 Å². The summed E-state index contributed by atoms with van der Waals surface area (Å²) in [5, 5.41) is 11.5. The van der Waals surface area contributed by atoms with Crippen LogP contribution in [0.15, 0.2) is 101 Å². The molecule has 0 aliphatic carbocycles. The normalized spacial score (nSPS) is 19.9. The molecule has 4 aromatic rings. The first-order valence-corrected chi connectivity index (χ1v) is 12.4. The van der Waals surface area contributed by atoms with Gasteiger partial charge in [0.15, 0.2) is 0 Å².